The third-order valence-electron chi connectivity index (χ3n) is 3.72. The molecule has 1 aromatic carbocycles. The maximum absolute atomic E-state index is 11.2. The van der Waals surface area contributed by atoms with E-state index in [1.54, 1.807) is 6.07 Å². The van der Waals surface area contributed by atoms with Gasteiger partial charge < -0.3 is 14.6 Å². The standard InChI is InChI=1S/C15H20ClNO4/c1-2-17(13-10-20-9-11(13)15(18)19)7-8-21-14-6-4-3-5-12(14)16/h3-6,11,13H,2,7-10H2,1H3,(H,18,19). The zero-order valence-electron chi connectivity index (χ0n) is 12.0. The van der Waals surface area contributed by atoms with E-state index < -0.39 is 11.9 Å². The Morgan fingerprint density at radius 2 is 2.24 bits per heavy atom. The summed E-state index contributed by atoms with van der Waals surface area (Å²) in [7, 11) is 0. The number of aliphatic carboxylic acids is 1. The summed E-state index contributed by atoms with van der Waals surface area (Å²) in [5, 5.41) is 9.79. The molecule has 0 amide bonds. The number of hydrogen-bond acceptors (Lipinski definition) is 4. The second kappa shape index (κ2) is 7.64. The third kappa shape index (κ3) is 4.09. The largest absolute Gasteiger partial charge is 0.491 e. The van der Waals surface area contributed by atoms with E-state index in [0.29, 0.717) is 30.5 Å². The summed E-state index contributed by atoms with van der Waals surface area (Å²) < 4.78 is 11.0. The predicted molar refractivity (Wildman–Crippen MR) is 79.9 cm³/mol. The first-order valence-corrected chi connectivity index (χ1v) is 7.43. The SMILES string of the molecule is CCN(CCOc1ccccc1Cl)C1COCC1C(=O)O. The topological polar surface area (TPSA) is 59.0 Å². The molecule has 5 nitrogen and oxygen atoms in total. The Morgan fingerprint density at radius 3 is 2.90 bits per heavy atom. The van der Waals surface area contributed by atoms with Crippen molar-refractivity contribution in [1.29, 1.82) is 0 Å². The molecule has 0 bridgehead atoms. The van der Waals surface area contributed by atoms with Gasteiger partial charge in [-0.3, -0.25) is 9.69 Å². The zero-order chi connectivity index (χ0) is 15.2. The van der Waals surface area contributed by atoms with Gasteiger partial charge in [0.05, 0.1) is 24.2 Å². The highest BCUT2D eigenvalue weighted by molar-refractivity contribution is 6.32. The van der Waals surface area contributed by atoms with Crippen molar-refractivity contribution in [1.82, 2.24) is 4.90 Å². The van der Waals surface area contributed by atoms with E-state index in [2.05, 4.69) is 4.90 Å². The normalized spacial score (nSPS) is 21.7. The van der Waals surface area contributed by atoms with E-state index in [0.717, 1.165) is 6.54 Å². The van der Waals surface area contributed by atoms with Gasteiger partial charge in [-0.15, -0.1) is 0 Å². The zero-order valence-corrected chi connectivity index (χ0v) is 12.8. The number of likely N-dealkylation sites (N-methyl/N-ethyl adjacent to an activating group) is 1. The van der Waals surface area contributed by atoms with Crippen LogP contribution in [-0.2, 0) is 9.53 Å². The van der Waals surface area contributed by atoms with Gasteiger partial charge in [0.15, 0.2) is 0 Å². The van der Waals surface area contributed by atoms with Crippen LogP contribution in [0.5, 0.6) is 5.75 Å². The lowest BCUT2D eigenvalue weighted by molar-refractivity contribution is -0.143. The number of ether oxygens (including phenoxy) is 2. The lowest BCUT2D eigenvalue weighted by atomic mass is 10.0. The van der Waals surface area contributed by atoms with Crippen LogP contribution in [0.15, 0.2) is 24.3 Å². The molecule has 21 heavy (non-hydrogen) atoms. The van der Waals surface area contributed by atoms with Crippen LogP contribution in [-0.4, -0.2) is 54.9 Å². The molecule has 2 unspecified atom stereocenters. The minimum atomic E-state index is -0.803. The van der Waals surface area contributed by atoms with Crippen molar-refractivity contribution in [3.8, 4) is 5.75 Å². The van der Waals surface area contributed by atoms with E-state index in [1.807, 2.05) is 25.1 Å². The molecule has 0 aliphatic carbocycles. The first-order valence-electron chi connectivity index (χ1n) is 7.05. The molecule has 1 fully saturated rings. The number of halogens is 1. The van der Waals surface area contributed by atoms with Crippen LogP contribution in [0.4, 0.5) is 0 Å². The molecule has 1 aliphatic rings. The van der Waals surface area contributed by atoms with Gasteiger partial charge in [0.1, 0.15) is 12.4 Å². The van der Waals surface area contributed by atoms with Gasteiger partial charge in [-0.1, -0.05) is 30.7 Å². The Balaban J connectivity index is 1.88. The molecule has 2 rings (SSSR count). The van der Waals surface area contributed by atoms with E-state index in [4.69, 9.17) is 21.1 Å². The van der Waals surface area contributed by atoms with Crippen LogP contribution in [0.2, 0.25) is 5.02 Å². The van der Waals surface area contributed by atoms with Crippen molar-refractivity contribution >= 4 is 17.6 Å². The molecular formula is C15H20ClNO4. The smallest absolute Gasteiger partial charge is 0.310 e. The van der Waals surface area contributed by atoms with Crippen LogP contribution in [0.1, 0.15) is 6.92 Å². The highest BCUT2D eigenvalue weighted by atomic mass is 35.5. The van der Waals surface area contributed by atoms with E-state index in [9.17, 15) is 9.90 Å². The summed E-state index contributed by atoms with van der Waals surface area (Å²) in [5.74, 6) is -0.624. The Bertz CT molecular complexity index is 482. The van der Waals surface area contributed by atoms with Crippen molar-refractivity contribution in [3.05, 3.63) is 29.3 Å². The van der Waals surface area contributed by atoms with E-state index in [-0.39, 0.29) is 12.6 Å². The van der Waals surface area contributed by atoms with Gasteiger partial charge >= 0.3 is 5.97 Å². The Morgan fingerprint density at radius 1 is 1.48 bits per heavy atom. The number of hydrogen-bond donors (Lipinski definition) is 1. The summed E-state index contributed by atoms with van der Waals surface area (Å²) in [6.07, 6.45) is 0. The van der Waals surface area contributed by atoms with Gasteiger partial charge in [0, 0.05) is 12.6 Å². The lowest BCUT2D eigenvalue weighted by Gasteiger charge is -2.28. The second-order valence-electron chi connectivity index (χ2n) is 4.96. The average molecular weight is 314 g/mol. The molecule has 1 heterocycles. The predicted octanol–water partition coefficient (Wildman–Crippen LogP) is 2.14. The fourth-order valence-electron chi connectivity index (χ4n) is 2.53. The van der Waals surface area contributed by atoms with Crippen LogP contribution in [0.3, 0.4) is 0 Å². The molecular weight excluding hydrogens is 294 g/mol. The number of carboxylic acid groups (broad SMARTS) is 1. The summed E-state index contributed by atoms with van der Waals surface area (Å²) in [5.41, 5.74) is 0. The van der Waals surface area contributed by atoms with Gasteiger partial charge in [0.25, 0.3) is 0 Å². The summed E-state index contributed by atoms with van der Waals surface area (Å²) in [6, 6.07) is 7.21. The molecule has 0 radical (unpaired) electrons. The number of para-hydroxylation sites is 1. The van der Waals surface area contributed by atoms with Crippen molar-refractivity contribution in [2.24, 2.45) is 5.92 Å². The first kappa shape index (κ1) is 16.1. The van der Waals surface area contributed by atoms with E-state index >= 15 is 0 Å². The minimum Gasteiger partial charge on any atom is -0.491 e. The van der Waals surface area contributed by atoms with Crippen LogP contribution in [0.25, 0.3) is 0 Å². The fraction of sp³-hybridized carbons (Fsp3) is 0.533. The molecule has 2 atom stereocenters. The average Bonchev–Trinajstić information content (AvgIpc) is 2.95. The Hall–Kier alpha value is -1.30. The lowest BCUT2D eigenvalue weighted by Crippen LogP contribution is -2.44. The van der Waals surface area contributed by atoms with Crippen molar-refractivity contribution in [2.75, 3.05) is 32.9 Å². The number of benzene rings is 1. The number of nitrogens with zero attached hydrogens (tertiary/aromatic N) is 1. The minimum absolute atomic E-state index is 0.0951. The molecule has 0 aromatic heterocycles. The monoisotopic (exact) mass is 313 g/mol. The third-order valence-corrected chi connectivity index (χ3v) is 4.03. The van der Waals surface area contributed by atoms with Gasteiger partial charge in [-0.05, 0) is 18.7 Å². The molecule has 1 saturated heterocycles. The fourth-order valence-corrected chi connectivity index (χ4v) is 2.72. The van der Waals surface area contributed by atoms with Gasteiger partial charge in [-0.25, -0.2) is 0 Å². The highest BCUT2D eigenvalue weighted by Crippen LogP contribution is 2.23. The Labute approximate surface area is 129 Å². The second-order valence-corrected chi connectivity index (χ2v) is 5.36. The summed E-state index contributed by atoms with van der Waals surface area (Å²) in [4.78, 5) is 13.3. The van der Waals surface area contributed by atoms with Gasteiger partial charge in [-0.2, -0.15) is 0 Å². The maximum Gasteiger partial charge on any atom is 0.310 e. The maximum atomic E-state index is 11.2. The number of rotatable bonds is 7. The van der Waals surface area contributed by atoms with Crippen LogP contribution >= 0.6 is 11.6 Å². The quantitative estimate of drug-likeness (QED) is 0.836. The molecule has 1 aromatic rings. The van der Waals surface area contributed by atoms with Gasteiger partial charge in [0.2, 0.25) is 0 Å². The first-order chi connectivity index (χ1) is 10.1. The molecule has 1 aliphatic heterocycles. The summed E-state index contributed by atoms with van der Waals surface area (Å²) >= 11 is 6.03. The van der Waals surface area contributed by atoms with Crippen molar-refractivity contribution < 1.29 is 19.4 Å². The number of carboxylic acids is 1. The van der Waals surface area contributed by atoms with Crippen LogP contribution in [0, 0.1) is 5.92 Å². The molecule has 6 heteroatoms. The Kier molecular flexibility index (Phi) is 5.85. The molecule has 0 spiro atoms. The highest BCUT2D eigenvalue weighted by Gasteiger charge is 2.37. The molecule has 0 saturated carbocycles. The van der Waals surface area contributed by atoms with Crippen LogP contribution < -0.4 is 4.74 Å². The molecule has 116 valence electrons. The van der Waals surface area contributed by atoms with E-state index in [1.165, 1.54) is 0 Å². The van der Waals surface area contributed by atoms with Crippen molar-refractivity contribution in [3.63, 3.8) is 0 Å². The number of carbonyl (C=O) groups is 1. The summed E-state index contributed by atoms with van der Waals surface area (Å²) in [6.45, 7) is 4.59. The van der Waals surface area contributed by atoms with Crippen molar-refractivity contribution in [2.45, 2.75) is 13.0 Å². The molecule has 1 N–H and O–H groups in total.